The number of benzene rings is 2. The standard InChI is InChI=1S/C24H27Cl3N2O3/c1-2-21(24(31)28-16-8-3-4-9-16)29(14-17-18(25)11-7-12-19(17)26)23(30)15-32-22-13-6-5-10-20(22)27/h5-7,10-13,16,21H,2-4,8-9,14-15H2,1H3,(H,28,31)/t21-/m0/s1. The number of carbonyl (C=O) groups is 2. The number of ether oxygens (including phenoxy) is 1. The number of para-hydroxylation sites is 1. The molecule has 2 aromatic rings. The van der Waals surface area contributed by atoms with Crippen molar-refractivity contribution in [1.29, 1.82) is 0 Å². The van der Waals surface area contributed by atoms with E-state index in [1.54, 1.807) is 42.5 Å². The van der Waals surface area contributed by atoms with E-state index in [9.17, 15) is 9.59 Å². The van der Waals surface area contributed by atoms with Crippen molar-refractivity contribution in [2.45, 2.75) is 57.7 Å². The van der Waals surface area contributed by atoms with Gasteiger partial charge in [0, 0.05) is 28.2 Å². The average Bonchev–Trinajstić information content (AvgIpc) is 3.27. The lowest BCUT2D eigenvalue weighted by molar-refractivity contribution is -0.143. The molecule has 2 aromatic carbocycles. The molecule has 32 heavy (non-hydrogen) atoms. The van der Waals surface area contributed by atoms with Gasteiger partial charge in [0.05, 0.1) is 5.02 Å². The maximum Gasteiger partial charge on any atom is 0.261 e. The second-order valence-corrected chi connectivity index (χ2v) is 9.08. The highest BCUT2D eigenvalue weighted by molar-refractivity contribution is 6.36. The Labute approximate surface area is 204 Å². The molecule has 0 bridgehead atoms. The second kappa shape index (κ2) is 11.8. The minimum Gasteiger partial charge on any atom is -0.482 e. The Morgan fingerprint density at radius 3 is 2.28 bits per heavy atom. The summed E-state index contributed by atoms with van der Waals surface area (Å²) in [6, 6.07) is 11.6. The summed E-state index contributed by atoms with van der Waals surface area (Å²) >= 11 is 18.9. The molecule has 0 aromatic heterocycles. The lowest BCUT2D eigenvalue weighted by Crippen LogP contribution is -2.52. The highest BCUT2D eigenvalue weighted by Gasteiger charge is 2.31. The summed E-state index contributed by atoms with van der Waals surface area (Å²) in [6.07, 6.45) is 4.57. The monoisotopic (exact) mass is 496 g/mol. The Morgan fingerprint density at radius 1 is 1.03 bits per heavy atom. The number of nitrogens with zero attached hydrogens (tertiary/aromatic N) is 1. The van der Waals surface area contributed by atoms with Crippen molar-refractivity contribution >= 4 is 46.6 Å². The van der Waals surface area contributed by atoms with Crippen molar-refractivity contribution in [2.24, 2.45) is 0 Å². The van der Waals surface area contributed by atoms with Gasteiger partial charge in [-0.2, -0.15) is 0 Å². The Bertz CT molecular complexity index is 928. The third-order valence-electron chi connectivity index (χ3n) is 5.67. The number of hydrogen-bond donors (Lipinski definition) is 1. The smallest absolute Gasteiger partial charge is 0.261 e. The SMILES string of the molecule is CC[C@@H](C(=O)NC1CCCC1)N(Cc1c(Cl)cccc1Cl)C(=O)COc1ccccc1Cl. The molecule has 172 valence electrons. The molecule has 5 nitrogen and oxygen atoms in total. The van der Waals surface area contributed by atoms with Gasteiger partial charge in [-0.25, -0.2) is 0 Å². The molecule has 1 saturated carbocycles. The maximum absolute atomic E-state index is 13.3. The molecule has 0 radical (unpaired) electrons. The summed E-state index contributed by atoms with van der Waals surface area (Å²) in [7, 11) is 0. The summed E-state index contributed by atoms with van der Waals surface area (Å²) in [6.45, 7) is 1.71. The average molecular weight is 498 g/mol. The minimum absolute atomic E-state index is 0.0970. The van der Waals surface area contributed by atoms with Crippen molar-refractivity contribution in [3.05, 3.63) is 63.1 Å². The number of halogens is 3. The topological polar surface area (TPSA) is 58.6 Å². The predicted octanol–water partition coefficient (Wildman–Crippen LogP) is 5.89. The van der Waals surface area contributed by atoms with Crippen LogP contribution in [0.5, 0.6) is 5.75 Å². The number of hydrogen-bond acceptors (Lipinski definition) is 3. The van der Waals surface area contributed by atoms with Crippen molar-refractivity contribution in [3.8, 4) is 5.75 Å². The van der Waals surface area contributed by atoms with Crippen LogP contribution in [0.4, 0.5) is 0 Å². The summed E-state index contributed by atoms with van der Waals surface area (Å²) in [5.74, 6) is -0.121. The molecule has 2 amide bonds. The zero-order valence-corrected chi connectivity index (χ0v) is 20.2. The molecule has 1 N–H and O–H groups in total. The van der Waals surface area contributed by atoms with Crippen molar-refractivity contribution in [3.63, 3.8) is 0 Å². The molecule has 3 rings (SSSR count). The fourth-order valence-electron chi connectivity index (χ4n) is 3.92. The Morgan fingerprint density at radius 2 is 1.66 bits per heavy atom. The van der Waals surface area contributed by atoms with Gasteiger partial charge in [-0.3, -0.25) is 9.59 Å². The first-order valence-corrected chi connectivity index (χ1v) is 11.9. The van der Waals surface area contributed by atoms with Crippen LogP contribution < -0.4 is 10.1 Å². The quantitative estimate of drug-likeness (QED) is 0.470. The van der Waals surface area contributed by atoms with E-state index in [0.717, 1.165) is 25.7 Å². The van der Waals surface area contributed by atoms with Crippen LogP contribution in [0.15, 0.2) is 42.5 Å². The van der Waals surface area contributed by atoms with Crippen LogP contribution in [-0.2, 0) is 16.1 Å². The van der Waals surface area contributed by atoms with E-state index in [1.807, 2.05) is 6.92 Å². The first kappa shape index (κ1) is 24.7. The number of nitrogens with one attached hydrogen (secondary N) is 1. The summed E-state index contributed by atoms with van der Waals surface area (Å²) in [5.41, 5.74) is 0.592. The van der Waals surface area contributed by atoms with Gasteiger partial charge in [-0.1, -0.05) is 72.8 Å². The van der Waals surface area contributed by atoms with Crippen LogP contribution in [0.2, 0.25) is 15.1 Å². The molecule has 1 fully saturated rings. The van der Waals surface area contributed by atoms with Crippen LogP contribution in [-0.4, -0.2) is 35.4 Å². The van der Waals surface area contributed by atoms with Crippen LogP contribution in [0, 0.1) is 0 Å². The second-order valence-electron chi connectivity index (χ2n) is 7.85. The fourth-order valence-corrected chi connectivity index (χ4v) is 4.63. The van der Waals surface area contributed by atoms with E-state index in [1.165, 1.54) is 4.90 Å². The number of carbonyl (C=O) groups excluding carboxylic acids is 2. The lowest BCUT2D eigenvalue weighted by atomic mass is 10.1. The van der Waals surface area contributed by atoms with Gasteiger partial charge in [-0.05, 0) is 43.5 Å². The molecule has 8 heteroatoms. The van der Waals surface area contributed by atoms with Gasteiger partial charge >= 0.3 is 0 Å². The molecule has 1 aliphatic rings. The van der Waals surface area contributed by atoms with Gasteiger partial charge < -0.3 is 15.0 Å². The van der Waals surface area contributed by atoms with E-state index in [4.69, 9.17) is 39.5 Å². The first-order chi connectivity index (χ1) is 15.4. The molecule has 0 saturated heterocycles. The third-order valence-corrected chi connectivity index (χ3v) is 6.69. The van der Waals surface area contributed by atoms with E-state index < -0.39 is 6.04 Å². The van der Waals surface area contributed by atoms with Crippen LogP contribution >= 0.6 is 34.8 Å². The van der Waals surface area contributed by atoms with Crippen LogP contribution in [0.25, 0.3) is 0 Å². The molecule has 1 atom stereocenters. The van der Waals surface area contributed by atoms with Gasteiger partial charge in [0.15, 0.2) is 6.61 Å². The normalized spacial score (nSPS) is 14.8. The molecule has 0 spiro atoms. The van der Waals surface area contributed by atoms with Crippen molar-refractivity contribution in [2.75, 3.05) is 6.61 Å². The number of amides is 2. The van der Waals surface area contributed by atoms with Gasteiger partial charge in [0.2, 0.25) is 5.91 Å². The zero-order valence-electron chi connectivity index (χ0n) is 18.0. The summed E-state index contributed by atoms with van der Waals surface area (Å²) < 4.78 is 5.66. The lowest BCUT2D eigenvalue weighted by Gasteiger charge is -2.32. The summed E-state index contributed by atoms with van der Waals surface area (Å²) in [5, 5.41) is 4.39. The Hall–Kier alpha value is -1.95. The van der Waals surface area contributed by atoms with E-state index in [-0.39, 0.29) is 31.0 Å². The molecule has 1 aliphatic carbocycles. The van der Waals surface area contributed by atoms with Crippen molar-refractivity contribution in [1.82, 2.24) is 10.2 Å². The van der Waals surface area contributed by atoms with Gasteiger partial charge in [-0.15, -0.1) is 0 Å². The molecule has 0 unspecified atom stereocenters. The number of rotatable bonds is 9. The minimum atomic E-state index is -0.676. The predicted molar refractivity (Wildman–Crippen MR) is 128 cm³/mol. The van der Waals surface area contributed by atoms with E-state index in [0.29, 0.717) is 32.8 Å². The molecular weight excluding hydrogens is 471 g/mol. The van der Waals surface area contributed by atoms with E-state index >= 15 is 0 Å². The largest absolute Gasteiger partial charge is 0.482 e. The van der Waals surface area contributed by atoms with Crippen LogP contribution in [0.3, 0.4) is 0 Å². The Balaban J connectivity index is 1.82. The van der Waals surface area contributed by atoms with Crippen molar-refractivity contribution < 1.29 is 14.3 Å². The highest BCUT2D eigenvalue weighted by atomic mass is 35.5. The molecule has 0 aliphatic heterocycles. The first-order valence-electron chi connectivity index (χ1n) is 10.8. The summed E-state index contributed by atoms with van der Waals surface area (Å²) in [4.78, 5) is 27.9. The Kier molecular flexibility index (Phi) is 9.09. The molecule has 0 heterocycles. The van der Waals surface area contributed by atoms with E-state index in [2.05, 4.69) is 5.32 Å². The fraction of sp³-hybridized carbons (Fsp3) is 0.417. The maximum atomic E-state index is 13.3. The highest BCUT2D eigenvalue weighted by Crippen LogP contribution is 2.28. The van der Waals surface area contributed by atoms with Gasteiger partial charge in [0.25, 0.3) is 5.91 Å². The van der Waals surface area contributed by atoms with Crippen LogP contribution in [0.1, 0.15) is 44.6 Å². The van der Waals surface area contributed by atoms with Gasteiger partial charge in [0.1, 0.15) is 11.8 Å². The zero-order chi connectivity index (χ0) is 23.1. The third kappa shape index (κ3) is 6.31. The molecular formula is C24H27Cl3N2O3.